The van der Waals surface area contributed by atoms with E-state index < -0.39 is 0 Å². The molecule has 140 valence electrons. The molecule has 1 aliphatic heterocycles. The highest BCUT2D eigenvalue weighted by molar-refractivity contribution is 6.09. The van der Waals surface area contributed by atoms with Crippen molar-refractivity contribution in [2.24, 2.45) is 0 Å². The number of nitrogens with zero attached hydrogens (tertiary/aromatic N) is 2. The van der Waals surface area contributed by atoms with Crippen molar-refractivity contribution < 1.29 is 4.42 Å². The third-order valence-electron chi connectivity index (χ3n) is 5.68. The molecule has 1 atom stereocenters. The molecule has 0 fully saturated rings. The summed E-state index contributed by atoms with van der Waals surface area (Å²) in [4.78, 5) is 4.64. The van der Waals surface area contributed by atoms with Gasteiger partial charge in [-0.1, -0.05) is 36.4 Å². The summed E-state index contributed by atoms with van der Waals surface area (Å²) in [6.07, 6.45) is 4.50. The number of rotatable bonds is 2. The number of fused-ring (bicyclic) bond motifs is 3. The molecule has 2 heterocycles. The molecular weight excluding hydrogens is 344 g/mol. The van der Waals surface area contributed by atoms with Crippen LogP contribution in [0.2, 0.25) is 0 Å². The van der Waals surface area contributed by atoms with Crippen LogP contribution in [0.25, 0.3) is 21.9 Å². The Labute approximate surface area is 165 Å². The van der Waals surface area contributed by atoms with Crippen LogP contribution in [0.3, 0.4) is 0 Å². The van der Waals surface area contributed by atoms with Gasteiger partial charge >= 0.3 is 0 Å². The summed E-state index contributed by atoms with van der Waals surface area (Å²) in [5.41, 5.74) is 8.04. The van der Waals surface area contributed by atoms with Crippen molar-refractivity contribution in [3.05, 3.63) is 83.7 Å². The van der Waals surface area contributed by atoms with Gasteiger partial charge in [-0.3, -0.25) is 0 Å². The molecule has 5 rings (SSSR count). The molecule has 28 heavy (non-hydrogen) atoms. The predicted molar refractivity (Wildman–Crippen MR) is 118 cm³/mol. The van der Waals surface area contributed by atoms with Crippen molar-refractivity contribution in [2.75, 3.05) is 9.80 Å². The van der Waals surface area contributed by atoms with Crippen LogP contribution in [0, 0.1) is 20.8 Å². The molecule has 3 heteroatoms. The lowest BCUT2D eigenvalue weighted by molar-refractivity contribution is 0.662. The normalized spacial score (nSPS) is 16.6. The third-order valence-corrected chi connectivity index (χ3v) is 5.68. The average molecular weight is 368 g/mol. The largest absolute Gasteiger partial charge is 0.454 e. The molecule has 0 bridgehead atoms. The number of benzene rings is 3. The van der Waals surface area contributed by atoms with E-state index in [9.17, 15) is 0 Å². The lowest BCUT2D eigenvalue weighted by Gasteiger charge is -2.31. The van der Waals surface area contributed by atoms with E-state index in [1.807, 2.05) is 12.1 Å². The smallest absolute Gasteiger partial charge is 0.159 e. The molecule has 1 unspecified atom stereocenters. The Morgan fingerprint density at radius 1 is 0.786 bits per heavy atom. The molecule has 0 saturated heterocycles. The van der Waals surface area contributed by atoms with E-state index >= 15 is 0 Å². The summed E-state index contributed by atoms with van der Waals surface area (Å²) in [6, 6.07) is 19.3. The van der Waals surface area contributed by atoms with Crippen LogP contribution < -0.4 is 9.80 Å². The number of para-hydroxylation sites is 1. The van der Waals surface area contributed by atoms with E-state index in [0.29, 0.717) is 0 Å². The van der Waals surface area contributed by atoms with Crippen molar-refractivity contribution in [1.29, 1.82) is 0 Å². The minimum absolute atomic E-state index is 0.165. The molecule has 0 N–H and O–H groups in total. The average Bonchev–Trinajstić information content (AvgIpc) is 3.21. The zero-order valence-corrected chi connectivity index (χ0v) is 16.7. The van der Waals surface area contributed by atoms with Crippen LogP contribution in [0.15, 0.2) is 71.4 Å². The van der Waals surface area contributed by atoms with Crippen molar-refractivity contribution in [2.45, 2.75) is 33.9 Å². The SMILES string of the molecule is Cc1cc(C)cc(N2C=CN(c3c(C)ccc4c3oc3ccccc34)C2C)c1. The Balaban J connectivity index is 1.63. The molecule has 1 aliphatic rings. The van der Waals surface area contributed by atoms with Crippen molar-refractivity contribution in [3.8, 4) is 0 Å². The maximum atomic E-state index is 6.31. The lowest BCUT2D eigenvalue weighted by atomic mass is 10.1. The number of hydrogen-bond donors (Lipinski definition) is 0. The first kappa shape index (κ1) is 16.9. The Hall–Kier alpha value is -3.20. The van der Waals surface area contributed by atoms with Gasteiger partial charge in [-0.25, -0.2) is 0 Å². The van der Waals surface area contributed by atoms with Gasteiger partial charge in [-0.15, -0.1) is 0 Å². The monoisotopic (exact) mass is 368 g/mol. The number of anilines is 2. The molecule has 3 nitrogen and oxygen atoms in total. The van der Waals surface area contributed by atoms with Gasteiger partial charge in [0.25, 0.3) is 0 Å². The molecule has 0 spiro atoms. The first-order chi connectivity index (χ1) is 13.5. The zero-order valence-electron chi connectivity index (χ0n) is 16.7. The predicted octanol–water partition coefficient (Wildman–Crippen LogP) is 6.66. The highest BCUT2D eigenvalue weighted by Crippen LogP contribution is 2.40. The third kappa shape index (κ3) is 2.50. The zero-order chi connectivity index (χ0) is 19.4. The molecular formula is C25H24N2O. The van der Waals surface area contributed by atoms with E-state index in [2.05, 4.69) is 92.4 Å². The van der Waals surface area contributed by atoms with Crippen molar-refractivity contribution >= 4 is 33.3 Å². The molecule has 4 aromatic rings. The van der Waals surface area contributed by atoms with Crippen molar-refractivity contribution in [3.63, 3.8) is 0 Å². The van der Waals surface area contributed by atoms with Crippen LogP contribution in [0.5, 0.6) is 0 Å². The van der Waals surface area contributed by atoms with Crippen LogP contribution >= 0.6 is 0 Å². The van der Waals surface area contributed by atoms with Crippen molar-refractivity contribution in [1.82, 2.24) is 0 Å². The van der Waals surface area contributed by atoms with Gasteiger partial charge in [-0.05, 0) is 62.6 Å². The second-order valence-electron chi connectivity index (χ2n) is 7.80. The molecule has 3 aromatic carbocycles. The Morgan fingerprint density at radius 2 is 1.50 bits per heavy atom. The molecule has 0 amide bonds. The second kappa shape index (κ2) is 6.16. The number of furan rings is 1. The van der Waals surface area contributed by atoms with Crippen LogP contribution in [0.4, 0.5) is 11.4 Å². The first-order valence-corrected chi connectivity index (χ1v) is 9.77. The second-order valence-corrected chi connectivity index (χ2v) is 7.80. The van der Waals surface area contributed by atoms with Crippen LogP contribution in [0.1, 0.15) is 23.6 Å². The number of hydrogen-bond acceptors (Lipinski definition) is 3. The Bertz CT molecular complexity index is 1210. The standard InChI is InChI=1S/C25H24N2O/c1-16-13-17(2)15-20(14-16)26-11-12-27(19(26)4)24-18(3)9-10-22-21-7-5-6-8-23(21)28-25(22)24/h5-15,19H,1-4H3. The Kier molecular flexibility index (Phi) is 3.73. The van der Waals surface area contributed by atoms with Gasteiger partial charge in [0.1, 0.15) is 11.7 Å². The van der Waals surface area contributed by atoms with E-state index in [4.69, 9.17) is 4.42 Å². The van der Waals surface area contributed by atoms with E-state index in [0.717, 1.165) is 16.9 Å². The topological polar surface area (TPSA) is 19.6 Å². The minimum Gasteiger partial charge on any atom is -0.454 e. The number of aryl methyl sites for hydroxylation is 3. The van der Waals surface area contributed by atoms with Gasteiger partial charge < -0.3 is 14.2 Å². The van der Waals surface area contributed by atoms with Gasteiger partial charge in [-0.2, -0.15) is 0 Å². The summed E-state index contributed by atoms with van der Waals surface area (Å²) >= 11 is 0. The first-order valence-electron chi connectivity index (χ1n) is 9.77. The maximum Gasteiger partial charge on any atom is 0.159 e. The quantitative estimate of drug-likeness (QED) is 0.395. The van der Waals surface area contributed by atoms with Gasteiger partial charge in [0, 0.05) is 28.9 Å². The fourth-order valence-corrected chi connectivity index (χ4v) is 4.38. The molecule has 0 saturated carbocycles. The van der Waals surface area contributed by atoms with Crippen LogP contribution in [-0.2, 0) is 0 Å². The van der Waals surface area contributed by atoms with Gasteiger partial charge in [0.2, 0.25) is 0 Å². The highest BCUT2D eigenvalue weighted by atomic mass is 16.3. The minimum atomic E-state index is 0.165. The molecule has 0 aliphatic carbocycles. The van der Waals surface area contributed by atoms with Gasteiger partial charge in [0.15, 0.2) is 5.58 Å². The summed E-state index contributed by atoms with van der Waals surface area (Å²) < 4.78 is 6.31. The summed E-state index contributed by atoms with van der Waals surface area (Å²) in [5, 5.41) is 2.34. The van der Waals surface area contributed by atoms with E-state index in [1.54, 1.807) is 0 Å². The fourth-order valence-electron chi connectivity index (χ4n) is 4.38. The summed E-state index contributed by atoms with van der Waals surface area (Å²) in [7, 11) is 0. The lowest BCUT2D eigenvalue weighted by Crippen LogP contribution is -2.36. The van der Waals surface area contributed by atoms with Crippen LogP contribution in [-0.4, -0.2) is 6.17 Å². The van der Waals surface area contributed by atoms with Gasteiger partial charge in [0.05, 0.1) is 5.69 Å². The molecule has 0 radical (unpaired) electrons. The summed E-state index contributed by atoms with van der Waals surface area (Å²) in [6.45, 7) is 8.69. The maximum absolute atomic E-state index is 6.31. The molecule has 1 aromatic heterocycles. The Morgan fingerprint density at radius 3 is 2.29 bits per heavy atom. The summed E-state index contributed by atoms with van der Waals surface area (Å²) in [5.74, 6) is 0. The van der Waals surface area contributed by atoms with E-state index in [1.165, 1.54) is 33.2 Å². The van der Waals surface area contributed by atoms with E-state index in [-0.39, 0.29) is 6.17 Å². The fraction of sp³-hybridized carbons (Fsp3) is 0.200. The highest BCUT2D eigenvalue weighted by Gasteiger charge is 2.28.